The van der Waals surface area contributed by atoms with Crippen molar-refractivity contribution in [2.75, 3.05) is 13.2 Å². The van der Waals surface area contributed by atoms with E-state index in [1.54, 1.807) is 6.07 Å². The van der Waals surface area contributed by atoms with Crippen molar-refractivity contribution >= 4 is 17.1 Å². The molecule has 2 rings (SSSR count). The minimum absolute atomic E-state index is 0.0644. The molecule has 0 unspecified atom stereocenters. The Morgan fingerprint density at radius 1 is 1.19 bits per heavy atom. The standard InChI is InChI=1S/C13H12O3/c14-5-6-16-13-8-11-4-2-1-3-10(11)7-12(13)9-15/h1-4,7-9,14H,5-6H2. The minimum atomic E-state index is -0.0644. The van der Waals surface area contributed by atoms with Gasteiger partial charge in [0.2, 0.25) is 0 Å². The average Bonchev–Trinajstić information content (AvgIpc) is 2.35. The van der Waals surface area contributed by atoms with Crippen molar-refractivity contribution in [3.05, 3.63) is 42.0 Å². The molecule has 16 heavy (non-hydrogen) atoms. The summed E-state index contributed by atoms with van der Waals surface area (Å²) in [5.41, 5.74) is 0.507. The molecule has 2 aromatic rings. The first-order valence-electron chi connectivity index (χ1n) is 5.07. The maximum atomic E-state index is 10.9. The van der Waals surface area contributed by atoms with Gasteiger partial charge in [-0.25, -0.2) is 0 Å². The first-order chi connectivity index (χ1) is 7.85. The third kappa shape index (κ3) is 2.04. The van der Waals surface area contributed by atoms with Gasteiger partial charge in [-0.1, -0.05) is 24.3 Å². The molecule has 0 heterocycles. The first-order valence-corrected chi connectivity index (χ1v) is 5.07. The molecule has 0 atom stereocenters. The summed E-state index contributed by atoms with van der Waals surface area (Å²) in [4.78, 5) is 10.9. The second-order valence-electron chi connectivity index (χ2n) is 3.43. The van der Waals surface area contributed by atoms with Gasteiger partial charge in [0.05, 0.1) is 12.2 Å². The first kappa shape index (κ1) is 10.6. The molecule has 0 amide bonds. The summed E-state index contributed by atoms with van der Waals surface area (Å²) in [7, 11) is 0. The Morgan fingerprint density at radius 3 is 2.50 bits per heavy atom. The Balaban J connectivity index is 2.49. The van der Waals surface area contributed by atoms with Gasteiger partial charge in [0.15, 0.2) is 6.29 Å². The van der Waals surface area contributed by atoms with Gasteiger partial charge in [0, 0.05) is 0 Å². The van der Waals surface area contributed by atoms with Gasteiger partial charge in [-0.05, 0) is 22.9 Å². The Kier molecular flexibility index (Phi) is 3.17. The lowest BCUT2D eigenvalue weighted by Crippen LogP contribution is -2.03. The summed E-state index contributed by atoms with van der Waals surface area (Å²) in [5.74, 6) is 0.516. The number of hydrogen-bond donors (Lipinski definition) is 1. The molecule has 0 aromatic heterocycles. The average molecular weight is 216 g/mol. The number of rotatable bonds is 4. The Labute approximate surface area is 93.3 Å². The van der Waals surface area contributed by atoms with E-state index < -0.39 is 0 Å². The zero-order chi connectivity index (χ0) is 11.4. The molecule has 0 bridgehead atoms. The van der Waals surface area contributed by atoms with E-state index in [0.717, 1.165) is 17.1 Å². The number of aldehydes is 1. The Bertz CT molecular complexity index is 506. The van der Waals surface area contributed by atoms with Crippen molar-refractivity contribution in [2.24, 2.45) is 0 Å². The van der Waals surface area contributed by atoms with Gasteiger partial charge in [-0.15, -0.1) is 0 Å². The molecule has 3 heteroatoms. The van der Waals surface area contributed by atoms with E-state index in [1.807, 2.05) is 30.3 Å². The molecule has 0 spiro atoms. The summed E-state index contributed by atoms with van der Waals surface area (Å²) >= 11 is 0. The molecule has 2 aromatic carbocycles. The highest BCUT2D eigenvalue weighted by atomic mass is 16.5. The lowest BCUT2D eigenvalue weighted by Gasteiger charge is -2.08. The number of aliphatic hydroxyl groups excluding tert-OH is 1. The maximum Gasteiger partial charge on any atom is 0.153 e. The molecule has 1 N–H and O–H groups in total. The number of carbonyl (C=O) groups excluding carboxylic acids is 1. The van der Waals surface area contributed by atoms with Crippen LogP contribution in [-0.2, 0) is 0 Å². The predicted molar refractivity (Wildman–Crippen MR) is 61.9 cm³/mol. The van der Waals surface area contributed by atoms with E-state index in [-0.39, 0.29) is 13.2 Å². The second kappa shape index (κ2) is 4.77. The summed E-state index contributed by atoms with van der Waals surface area (Å²) in [5, 5.41) is 10.7. The molecule has 0 aliphatic rings. The van der Waals surface area contributed by atoms with Gasteiger partial charge < -0.3 is 9.84 Å². The van der Waals surface area contributed by atoms with E-state index in [4.69, 9.17) is 9.84 Å². The molecular formula is C13H12O3. The molecule has 82 valence electrons. The molecule has 0 aliphatic carbocycles. The summed E-state index contributed by atoms with van der Waals surface area (Å²) in [6, 6.07) is 11.3. The summed E-state index contributed by atoms with van der Waals surface area (Å²) < 4.78 is 5.30. The normalized spacial score (nSPS) is 10.3. The van der Waals surface area contributed by atoms with Crippen LogP contribution < -0.4 is 4.74 Å². The van der Waals surface area contributed by atoms with Gasteiger partial charge >= 0.3 is 0 Å². The van der Waals surface area contributed by atoms with Gasteiger partial charge in [-0.2, -0.15) is 0 Å². The summed E-state index contributed by atoms with van der Waals surface area (Å²) in [6.45, 7) is 0.129. The highest BCUT2D eigenvalue weighted by Gasteiger charge is 2.04. The largest absolute Gasteiger partial charge is 0.490 e. The lowest BCUT2D eigenvalue weighted by molar-refractivity contribution is 0.111. The van der Waals surface area contributed by atoms with Crippen LogP contribution >= 0.6 is 0 Å². The van der Waals surface area contributed by atoms with Crippen LogP contribution in [0.25, 0.3) is 10.8 Å². The fraction of sp³-hybridized carbons (Fsp3) is 0.154. The third-order valence-electron chi connectivity index (χ3n) is 2.35. The number of fused-ring (bicyclic) bond motifs is 1. The van der Waals surface area contributed by atoms with Gasteiger partial charge in [0.1, 0.15) is 12.4 Å². The lowest BCUT2D eigenvalue weighted by atomic mass is 10.1. The van der Waals surface area contributed by atoms with Crippen LogP contribution in [-0.4, -0.2) is 24.6 Å². The molecular weight excluding hydrogens is 204 g/mol. The Hall–Kier alpha value is -1.87. The van der Waals surface area contributed by atoms with Crippen LogP contribution in [0.15, 0.2) is 36.4 Å². The van der Waals surface area contributed by atoms with E-state index in [9.17, 15) is 4.79 Å². The van der Waals surface area contributed by atoms with Crippen LogP contribution in [0.2, 0.25) is 0 Å². The third-order valence-corrected chi connectivity index (χ3v) is 2.35. The van der Waals surface area contributed by atoms with Crippen molar-refractivity contribution in [1.82, 2.24) is 0 Å². The van der Waals surface area contributed by atoms with E-state index >= 15 is 0 Å². The quantitative estimate of drug-likeness (QED) is 0.795. The predicted octanol–water partition coefficient (Wildman–Crippen LogP) is 2.02. The van der Waals surface area contributed by atoms with E-state index in [0.29, 0.717) is 11.3 Å². The smallest absolute Gasteiger partial charge is 0.153 e. The number of aliphatic hydroxyl groups is 1. The molecule has 3 nitrogen and oxygen atoms in total. The fourth-order valence-corrected chi connectivity index (χ4v) is 1.61. The Morgan fingerprint density at radius 2 is 1.88 bits per heavy atom. The topological polar surface area (TPSA) is 46.5 Å². The van der Waals surface area contributed by atoms with Crippen LogP contribution in [0.3, 0.4) is 0 Å². The van der Waals surface area contributed by atoms with Crippen molar-refractivity contribution < 1.29 is 14.6 Å². The van der Waals surface area contributed by atoms with Crippen LogP contribution in [0.4, 0.5) is 0 Å². The zero-order valence-electron chi connectivity index (χ0n) is 8.72. The van der Waals surface area contributed by atoms with Crippen molar-refractivity contribution in [3.8, 4) is 5.75 Å². The van der Waals surface area contributed by atoms with Crippen molar-refractivity contribution in [3.63, 3.8) is 0 Å². The number of benzene rings is 2. The van der Waals surface area contributed by atoms with E-state index in [1.165, 1.54) is 0 Å². The molecule has 0 saturated carbocycles. The van der Waals surface area contributed by atoms with Crippen LogP contribution in [0.5, 0.6) is 5.75 Å². The van der Waals surface area contributed by atoms with Crippen LogP contribution in [0, 0.1) is 0 Å². The molecule has 0 fully saturated rings. The van der Waals surface area contributed by atoms with Gasteiger partial charge in [-0.3, -0.25) is 4.79 Å². The van der Waals surface area contributed by atoms with Crippen LogP contribution in [0.1, 0.15) is 10.4 Å². The fourth-order valence-electron chi connectivity index (χ4n) is 1.61. The number of hydrogen-bond acceptors (Lipinski definition) is 3. The van der Waals surface area contributed by atoms with Crippen molar-refractivity contribution in [2.45, 2.75) is 0 Å². The SMILES string of the molecule is O=Cc1cc2ccccc2cc1OCCO. The highest BCUT2D eigenvalue weighted by molar-refractivity contribution is 5.92. The second-order valence-corrected chi connectivity index (χ2v) is 3.43. The molecule has 0 aliphatic heterocycles. The maximum absolute atomic E-state index is 10.9. The number of carbonyl (C=O) groups is 1. The monoisotopic (exact) mass is 216 g/mol. The summed E-state index contributed by atoms with van der Waals surface area (Å²) in [6.07, 6.45) is 0.763. The van der Waals surface area contributed by atoms with E-state index in [2.05, 4.69) is 0 Å². The molecule has 0 saturated heterocycles. The van der Waals surface area contributed by atoms with Gasteiger partial charge in [0.25, 0.3) is 0 Å². The number of ether oxygens (including phenoxy) is 1. The van der Waals surface area contributed by atoms with Crippen molar-refractivity contribution in [1.29, 1.82) is 0 Å². The zero-order valence-corrected chi connectivity index (χ0v) is 8.72. The highest BCUT2D eigenvalue weighted by Crippen LogP contribution is 2.24. The molecule has 0 radical (unpaired) electrons. The minimum Gasteiger partial charge on any atom is -0.490 e.